The van der Waals surface area contributed by atoms with Crippen molar-refractivity contribution in [1.82, 2.24) is 4.98 Å². The first-order valence-electron chi connectivity index (χ1n) is 6.08. The highest BCUT2D eigenvalue weighted by atomic mass is 79.9. The molecule has 0 bridgehead atoms. The van der Waals surface area contributed by atoms with E-state index in [1.807, 2.05) is 37.3 Å². The molecule has 1 unspecified atom stereocenters. The number of nitrogens with one attached hydrogen (secondary N) is 1. The molecule has 0 radical (unpaired) electrons. The van der Waals surface area contributed by atoms with Crippen LogP contribution in [0.2, 0.25) is 0 Å². The van der Waals surface area contributed by atoms with E-state index in [1.165, 1.54) is 12.3 Å². The number of aromatic nitrogens is 1. The Kier molecular flexibility index (Phi) is 4.50. The number of rotatable bonds is 4. The van der Waals surface area contributed by atoms with Gasteiger partial charge in [-0.2, -0.15) is 5.26 Å². The van der Waals surface area contributed by atoms with Crippen LogP contribution >= 0.6 is 15.9 Å². The number of benzene rings is 1. The van der Waals surface area contributed by atoms with Crippen molar-refractivity contribution in [2.45, 2.75) is 13.0 Å². The molecule has 6 nitrogen and oxygen atoms in total. The molecule has 0 aliphatic rings. The van der Waals surface area contributed by atoms with Gasteiger partial charge in [-0.3, -0.25) is 10.1 Å². The summed E-state index contributed by atoms with van der Waals surface area (Å²) in [5.41, 5.74) is 0.628. The topological polar surface area (TPSA) is 91.8 Å². The van der Waals surface area contributed by atoms with Crippen LogP contribution in [0.4, 0.5) is 11.5 Å². The zero-order valence-corrected chi connectivity index (χ0v) is 12.7. The minimum atomic E-state index is -0.596. The Morgan fingerprint density at radius 2 is 2.24 bits per heavy atom. The van der Waals surface area contributed by atoms with Crippen molar-refractivity contribution in [2.24, 2.45) is 0 Å². The second kappa shape index (κ2) is 6.33. The van der Waals surface area contributed by atoms with E-state index in [4.69, 9.17) is 5.26 Å². The summed E-state index contributed by atoms with van der Waals surface area (Å²) in [7, 11) is 0. The van der Waals surface area contributed by atoms with Crippen molar-refractivity contribution < 1.29 is 4.92 Å². The Morgan fingerprint density at radius 3 is 2.86 bits per heavy atom. The van der Waals surface area contributed by atoms with E-state index in [9.17, 15) is 10.1 Å². The second-order valence-corrected chi connectivity index (χ2v) is 5.26. The van der Waals surface area contributed by atoms with Gasteiger partial charge in [-0.05, 0) is 30.7 Å². The molecule has 1 heterocycles. The van der Waals surface area contributed by atoms with Gasteiger partial charge in [-0.15, -0.1) is 0 Å². The molecule has 1 aromatic carbocycles. The van der Waals surface area contributed by atoms with Gasteiger partial charge in [0.1, 0.15) is 11.6 Å². The van der Waals surface area contributed by atoms with E-state index in [1.54, 1.807) is 0 Å². The molecule has 0 aliphatic carbocycles. The number of hydrogen-bond acceptors (Lipinski definition) is 5. The molecule has 2 aromatic rings. The van der Waals surface area contributed by atoms with Crippen LogP contribution in [-0.4, -0.2) is 9.91 Å². The molecule has 0 amide bonds. The van der Waals surface area contributed by atoms with Crippen LogP contribution in [0.25, 0.3) is 0 Å². The maximum Gasteiger partial charge on any atom is 0.328 e. The largest absolute Gasteiger partial charge is 0.358 e. The lowest BCUT2D eigenvalue weighted by Crippen LogP contribution is -2.10. The monoisotopic (exact) mass is 346 g/mol. The molecular weight excluding hydrogens is 336 g/mol. The molecule has 0 saturated heterocycles. The Morgan fingerprint density at radius 1 is 1.48 bits per heavy atom. The lowest BCUT2D eigenvalue weighted by atomic mass is 10.1. The smallest absolute Gasteiger partial charge is 0.328 e. The first kappa shape index (κ1) is 14.9. The Balaban J connectivity index is 2.36. The molecule has 106 valence electrons. The number of hydrogen-bond donors (Lipinski definition) is 1. The van der Waals surface area contributed by atoms with Crippen molar-refractivity contribution in [1.29, 1.82) is 5.26 Å². The SMILES string of the molecule is CC(Nc1nccc(C#N)c1[N+](=O)[O-])c1cccc(Br)c1. The van der Waals surface area contributed by atoms with Crippen LogP contribution < -0.4 is 5.32 Å². The highest BCUT2D eigenvalue weighted by Crippen LogP contribution is 2.29. The van der Waals surface area contributed by atoms with Crippen LogP contribution in [0, 0.1) is 21.4 Å². The normalized spacial score (nSPS) is 11.5. The molecule has 7 heteroatoms. The lowest BCUT2D eigenvalue weighted by Gasteiger charge is -2.15. The summed E-state index contributed by atoms with van der Waals surface area (Å²) in [4.78, 5) is 14.5. The van der Waals surface area contributed by atoms with Gasteiger partial charge in [0.05, 0.1) is 11.0 Å². The zero-order valence-electron chi connectivity index (χ0n) is 11.1. The maximum atomic E-state index is 11.1. The van der Waals surface area contributed by atoms with Gasteiger partial charge in [-0.25, -0.2) is 4.98 Å². The summed E-state index contributed by atoms with van der Waals surface area (Å²) in [6.07, 6.45) is 1.38. The summed E-state index contributed by atoms with van der Waals surface area (Å²) < 4.78 is 0.918. The third kappa shape index (κ3) is 3.35. The molecule has 0 fully saturated rings. The van der Waals surface area contributed by atoms with E-state index >= 15 is 0 Å². The molecule has 0 aliphatic heterocycles. The summed E-state index contributed by atoms with van der Waals surface area (Å²) in [5.74, 6) is 0.0894. The number of nitriles is 1. The molecule has 21 heavy (non-hydrogen) atoms. The fourth-order valence-corrected chi connectivity index (χ4v) is 2.32. The molecular formula is C14H11BrN4O2. The summed E-state index contributed by atoms with van der Waals surface area (Å²) >= 11 is 3.38. The van der Waals surface area contributed by atoms with Crippen molar-refractivity contribution in [3.05, 3.63) is 62.2 Å². The fourth-order valence-electron chi connectivity index (χ4n) is 1.90. The fraction of sp³-hybridized carbons (Fsp3) is 0.143. The molecule has 0 saturated carbocycles. The highest BCUT2D eigenvalue weighted by Gasteiger charge is 2.22. The number of halogens is 1. The van der Waals surface area contributed by atoms with E-state index in [-0.39, 0.29) is 23.1 Å². The van der Waals surface area contributed by atoms with Crippen LogP contribution in [0.3, 0.4) is 0 Å². The van der Waals surface area contributed by atoms with Gasteiger partial charge in [0, 0.05) is 10.7 Å². The minimum absolute atomic E-state index is 0.0149. The summed E-state index contributed by atoms with van der Waals surface area (Å²) in [5, 5.41) is 23.1. The Hall–Kier alpha value is -2.46. The predicted molar refractivity (Wildman–Crippen MR) is 81.8 cm³/mol. The van der Waals surface area contributed by atoms with E-state index in [0.717, 1.165) is 10.0 Å². The standard InChI is InChI=1S/C14H11BrN4O2/c1-9(10-3-2-4-12(15)7-10)18-14-13(19(20)21)11(8-16)5-6-17-14/h2-7,9H,1H3,(H,17,18). The molecule has 1 atom stereocenters. The number of nitrogens with zero attached hydrogens (tertiary/aromatic N) is 3. The third-order valence-electron chi connectivity index (χ3n) is 2.93. The number of pyridine rings is 1. The van der Waals surface area contributed by atoms with Crippen molar-refractivity contribution in [3.63, 3.8) is 0 Å². The second-order valence-electron chi connectivity index (χ2n) is 4.35. The lowest BCUT2D eigenvalue weighted by molar-refractivity contribution is -0.384. The minimum Gasteiger partial charge on any atom is -0.358 e. The van der Waals surface area contributed by atoms with Gasteiger partial charge >= 0.3 is 5.69 Å². The van der Waals surface area contributed by atoms with Crippen molar-refractivity contribution in [2.75, 3.05) is 5.32 Å². The van der Waals surface area contributed by atoms with Gasteiger partial charge in [-0.1, -0.05) is 28.1 Å². The van der Waals surface area contributed by atoms with E-state index in [0.29, 0.717) is 0 Å². The van der Waals surface area contributed by atoms with Crippen LogP contribution in [0.1, 0.15) is 24.1 Å². The number of nitro groups is 1. The molecule has 1 N–H and O–H groups in total. The summed E-state index contributed by atoms with van der Waals surface area (Å²) in [6.45, 7) is 1.87. The third-order valence-corrected chi connectivity index (χ3v) is 3.42. The van der Waals surface area contributed by atoms with Gasteiger partial charge in [0.15, 0.2) is 0 Å². The quantitative estimate of drug-likeness (QED) is 0.671. The Labute approximate surface area is 129 Å². The first-order valence-corrected chi connectivity index (χ1v) is 6.87. The van der Waals surface area contributed by atoms with Crippen LogP contribution in [-0.2, 0) is 0 Å². The summed E-state index contributed by atoms with van der Waals surface area (Å²) in [6, 6.07) is 10.5. The predicted octanol–water partition coefficient (Wildman–Crippen LogP) is 3.80. The van der Waals surface area contributed by atoms with Gasteiger partial charge in [0.25, 0.3) is 0 Å². The zero-order chi connectivity index (χ0) is 15.4. The molecule has 2 rings (SSSR count). The van der Waals surface area contributed by atoms with Crippen molar-refractivity contribution >= 4 is 27.4 Å². The van der Waals surface area contributed by atoms with Gasteiger partial charge in [0.2, 0.25) is 5.82 Å². The van der Waals surface area contributed by atoms with E-state index < -0.39 is 4.92 Å². The van der Waals surface area contributed by atoms with Gasteiger partial charge < -0.3 is 5.32 Å². The van der Waals surface area contributed by atoms with Crippen LogP contribution in [0.5, 0.6) is 0 Å². The molecule has 0 spiro atoms. The number of anilines is 1. The average Bonchev–Trinajstić information content (AvgIpc) is 2.46. The molecule has 1 aromatic heterocycles. The van der Waals surface area contributed by atoms with Crippen molar-refractivity contribution in [3.8, 4) is 6.07 Å². The first-order chi connectivity index (χ1) is 10.0. The van der Waals surface area contributed by atoms with Crippen LogP contribution in [0.15, 0.2) is 41.0 Å². The average molecular weight is 347 g/mol. The highest BCUT2D eigenvalue weighted by molar-refractivity contribution is 9.10. The van der Waals surface area contributed by atoms with E-state index in [2.05, 4.69) is 26.2 Å². The maximum absolute atomic E-state index is 11.1. The Bertz CT molecular complexity index is 727.